The van der Waals surface area contributed by atoms with E-state index in [0.717, 1.165) is 32.2 Å². The summed E-state index contributed by atoms with van der Waals surface area (Å²) in [6.07, 6.45) is 6.70. The average molecular weight is 236 g/mol. The van der Waals surface area contributed by atoms with Gasteiger partial charge in [0, 0.05) is 31.9 Å². The molecule has 0 amide bonds. The van der Waals surface area contributed by atoms with Crippen LogP contribution in [0.15, 0.2) is 12.5 Å². The molecule has 0 unspecified atom stereocenters. The molecule has 1 fully saturated rings. The third kappa shape index (κ3) is 3.54. The number of likely N-dealkylation sites (N-methyl/N-ethyl adjacent to an activating group) is 1. The molecule has 17 heavy (non-hydrogen) atoms. The third-order valence-corrected chi connectivity index (χ3v) is 3.45. The molecule has 0 aromatic carbocycles. The zero-order valence-electron chi connectivity index (χ0n) is 11.0. The zero-order valence-corrected chi connectivity index (χ0v) is 11.0. The van der Waals surface area contributed by atoms with Crippen LogP contribution in [0.25, 0.3) is 0 Å². The number of rotatable bonds is 8. The molecule has 1 aromatic rings. The topological polar surface area (TPSA) is 33.1 Å². The monoisotopic (exact) mass is 236 g/mol. The summed E-state index contributed by atoms with van der Waals surface area (Å²) in [5, 5.41) is 3.35. The standard InChI is InChI=1S/C13H24N4/c1-3-14-9-13-10-15-11-17(13)8-7-16(4-2)12-5-6-12/h10-12,14H,3-9H2,1-2H3. The van der Waals surface area contributed by atoms with Crippen LogP contribution in [0.3, 0.4) is 0 Å². The summed E-state index contributed by atoms with van der Waals surface area (Å²) in [5.41, 5.74) is 1.29. The van der Waals surface area contributed by atoms with Crippen molar-refractivity contribution >= 4 is 0 Å². The van der Waals surface area contributed by atoms with Gasteiger partial charge in [0.1, 0.15) is 0 Å². The Kier molecular flexibility index (Phi) is 4.57. The molecule has 4 heteroatoms. The molecule has 2 rings (SSSR count). The van der Waals surface area contributed by atoms with Crippen LogP contribution >= 0.6 is 0 Å². The molecular weight excluding hydrogens is 212 g/mol. The summed E-state index contributed by atoms with van der Waals surface area (Å²) in [5.74, 6) is 0. The van der Waals surface area contributed by atoms with E-state index in [1.165, 1.54) is 25.1 Å². The van der Waals surface area contributed by atoms with Gasteiger partial charge in [0.25, 0.3) is 0 Å². The summed E-state index contributed by atoms with van der Waals surface area (Å²) < 4.78 is 2.27. The van der Waals surface area contributed by atoms with Crippen molar-refractivity contribution in [1.82, 2.24) is 19.8 Å². The number of hydrogen-bond donors (Lipinski definition) is 1. The molecule has 1 aliphatic carbocycles. The number of hydrogen-bond acceptors (Lipinski definition) is 3. The lowest BCUT2D eigenvalue weighted by molar-refractivity contribution is 0.265. The molecule has 0 bridgehead atoms. The molecule has 1 saturated carbocycles. The first-order chi connectivity index (χ1) is 8.35. The Bertz CT molecular complexity index is 330. The minimum absolute atomic E-state index is 0.862. The van der Waals surface area contributed by atoms with E-state index in [1.807, 2.05) is 12.5 Å². The van der Waals surface area contributed by atoms with Crippen molar-refractivity contribution in [3.05, 3.63) is 18.2 Å². The number of nitrogens with zero attached hydrogens (tertiary/aromatic N) is 3. The van der Waals surface area contributed by atoms with Crippen LogP contribution in [0, 0.1) is 0 Å². The summed E-state index contributed by atoms with van der Waals surface area (Å²) >= 11 is 0. The highest BCUT2D eigenvalue weighted by molar-refractivity contribution is 4.98. The van der Waals surface area contributed by atoms with Crippen LogP contribution in [0.5, 0.6) is 0 Å². The van der Waals surface area contributed by atoms with Crippen molar-refractivity contribution in [2.45, 2.75) is 45.8 Å². The lowest BCUT2D eigenvalue weighted by Crippen LogP contribution is -2.30. The Balaban J connectivity index is 1.82. The van der Waals surface area contributed by atoms with E-state index >= 15 is 0 Å². The van der Waals surface area contributed by atoms with Crippen LogP contribution in [0.4, 0.5) is 0 Å². The predicted octanol–water partition coefficient (Wildman–Crippen LogP) is 1.48. The molecule has 0 radical (unpaired) electrons. The predicted molar refractivity (Wildman–Crippen MR) is 69.9 cm³/mol. The highest BCUT2D eigenvalue weighted by Gasteiger charge is 2.27. The van der Waals surface area contributed by atoms with Gasteiger partial charge in [0.05, 0.1) is 12.0 Å². The second-order valence-corrected chi connectivity index (χ2v) is 4.72. The van der Waals surface area contributed by atoms with Gasteiger partial charge >= 0.3 is 0 Å². The normalized spacial score (nSPS) is 15.7. The van der Waals surface area contributed by atoms with Gasteiger partial charge in [-0.2, -0.15) is 0 Å². The molecule has 1 aromatic heterocycles. The largest absolute Gasteiger partial charge is 0.332 e. The van der Waals surface area contributed by atoms with Crippen molar-refractivity contribution in [2.75, 3.05) is 19.6 Å². The van der Waals surface area contributed by atoms with Gasteiger partial charge < -0.3 is 9.88 Å². The van der Waals surface area contributed by atoms with Crippen LogP contribution in [0.2, 0.25) is 0 Å². The third-order valence-electron chi connectivity index (χ3n) is 3.45. The summed E-state index contributed by atoms with van der Waals surface area (Å²) in [6.45, 7) is 9.70. The maximum absolute atomic E-state index is 4.24. The van der Waals surface area contributed by atoms with Gasteiger partial charge in [-0.3, -0.25) is 4.90 Å². The Morgan fingerprint density at radius 3 is 2.94 bits per heavy atom. The summed E-state index contributed by atoms with van der Waals surface area (Å²) in [4.78, 5) is 6.82. The van der Waals surface area contributed by atoms with Crippen molar-refractivity contribution in [3.63, 3.8) is 0 Å². The van der Waals surface area contributed by atoms with E-state index in [4.69, 9.17) is 0 Å². The summed E-state index contributed by atoms with van der Waals surface area (Å²) in [7, 11) is 0. The first-order valence-corrected chi connectivity index (χ1v) is 6.79. The zero-order chi connectivity index (χ0) is 12.1. The Morgan fingerprint density at radius 1 is 1.47 bits per heavy atom. The average Bonchev–Trinajstić information content (AvgIpc) is 3.08. The molecule has 0 saturated heterocycles. The van der Waals surface area contributed by atoms with Crippen molar-refractivity contribution in [2.24, 2.45) is 0 Å². The minimum atomic E-state index is 0.862. The fraction of sp³-hybridized carbons (Fsp3) is 0.769. The fourth-order valence-electron chi connectivity index (χ4n) is 2.22. The summed E-state index contributed by atoms with van der Waals surface area (Å²) in [6, 6.07) is 0.862. The maximum Gasteiger partial charge on any atom is 0.0949 e. The number of imidazole rings is 1. The highest BCUT2D eigenvalue weighted by atomic mass is 15.2. The van der Waals surface area contributed by atoms with Crippen LogP contribution in [0.1, 0.15) is 32.4 Å². The molecule has 0 atom stereocenters. The van der Waals surface area contributed by atoms with Gasteiger partial charge in [0.15, 0.2) is 0 Å². The molecule has 1 N–H and O–H groups in total. The van der Waals surface area contributed by atoms with Gasteiger partial charge in [-0.15, -0.1) is 0 Å². The highest BCUT2D eigenvalue weighted by Crippen LogP contribution is 2.26. The van der Waals surface area contributed by atoms with Gasteiger partial charge in [-0.1, -0.05) is 13.8 Å². The Labute approximate surface area is 104 Å². The SMILES string of the molecule is CCNCc1cncn1CCN(CC)C1CC1. The van der Waals surface area contributed by atoms with E-state index in [1.54, 1.807) is 0 Å². The first-order valence-electron chi connectivity index (χ1n) is 6.79. The van der Waals surface area contributed by atoms with E-state index in [0.29, 0.717) is 0 Å². The minimum Gasteiger partial charge on any atom is -0.332 e. The van der Waals surface area contributed by atoms with Gasteiger partial charge in [-0.05, 0) is 25.9 Å². The molecule has 96 valence electrons. The number of aromatic nitrogens is 2. The number of nitrogens with one attached hydrogen (secondary N) is 1. The second kappa shape index (κ2) is 6.17. The molecule has 4 nitrogen and oxygen atoms in total. The Morgan fingerprint density at radius 2 is 2.29 bits per heavy atom. The van der Waals surface area contributed by atoms with Gasteiger partial charge in [0.2, 0.25) is 0 Å². The second-order valence-electron chi connectivity index (χ2n) is 4.72. The molecule has 0 aliphatic heterocycles. The van der Waals surface area contributed by atoms with Crippen LogP contribution in [-0.4, -0.2) is 40.1 Å². The van der Waals surface area contributed by atoms with Crippen molar-refractivity contribution < 1.29 is 0 Å². The van der Waals surface area contributed by atoms with E-state index < -0.39 is 0 Å². The van der Waals surface area contributed by atoms with E-state index in [9.17, 15) is 0 Å². The lowest BCUT2D eigenvalue weighted by Gasteiger charge is -2.20. The van der Waals surface area contributed by atoms with Crippen molar-refractivity contribution in [1.29, 1.82) is 0 Å². The van der Waals surface area contributed by atoms with E-state index in [-0.39, 0.29) is 0 Å². The maximum atomic E-state index is 4.24. The molecule has 0 spiro atoms. The molecule has 1 heterocycles. The Hall–Kier alpha value is -0.870. The lowest BCUT2D eigenvalue weighted by atomic mass is 10.4. The van der Waals surface area contributed by atoms with Crippen LogP contribution in [-0.2, 0) is 13.1 Å². The van der Waals surface area contributed by atoms with Crippen molar-refractivity contribution in [3.8, 4) is 0 Å². The smallest absolute Gasteiger partial charge is 0.0949 e. The first kappa shape index (κ1) is 12.6. The fourth-order valence-corrected chi connectivity index (χ4v) is 2.22. The van der Waals surface area contributed by atoms with E-state index in [2.05, 4.69) is 33.6 Å². The van der Waals surface area contributed by atoms with Gasteiger partial charge in [-0.25, -0.2) is 4.98 Å². The van der Waals surface area contributed by atoms with Crippen LogP contribution < -0.4 is 5.32 Å². The quantitative estimate of drug-likeness (QED) is 0.742. The molecular formula is C13H24N4. The molecule has 1 aliphatic rings.